The highest BCUT2D eigenvalue weighted by atomic mass is 32.2. The Labute approximate surface area is 151 Å². The van der Waals surface area contributed by atoms with Crippen molar-refractivity contribution in [1.29, 1.82) is 0 Å². The number of fused-ring (bicyclic) bond motifs is 1. The van der Waals surface area contributed by atoms with Gasteiger partial charge in [0.15, 0.2) is 0 Å². The van der Waals surface area contributed by atoms with Crippen molar-refractivity contribution in [3.05, 3.63) is 53.8 Å². The summed E-state index contributed by atoms with van der Waals surface area (Å²) < 4.78 is 45.1. The van der Waals surface area contributed by atoms with E-state index in [1.54, 1.807) is 18.2 Å². The number of carbonyl (C=O) groups is 1. The highest BCUT2D eigenvalue weighted by molar-refractivity contribution is 7.92. The third-order valence-electron chi connectivity index (χ3n) is 4.12. The number of anilines is 2. The first-order chi connectivity index (χ1) is 12.4. The van der Waals surface area contributed by atoms with Crippen LogP contribution < -0.4 is 9.62 Å². The Hall–Kier alpha value is -2.45. The molecule has 138 valence electrons. The minimum absolute atomic E-state index is 0.0456. The van der Waals surface area contributed by atoms with Crippen molar-refractivity contribution in [3.63, 3.8) is 0 Å². The number of halogens is 1. The molecule has 0 aromatic heterocycles. The van der Waals surface area contributed by atoms with E-state index < -0.39 is 15.8 Å². The Morgan fingerprint density at radius 2 is 1.96 bits per heavy atom. The summed E-state index contributed by atoms with van der Waals surface area (Å²) in [6.45, 7) is 0.296. The SMILES string of the molecule is COCC(=O)Nc1ccc2c(c1)CCCN2S(=O)(=O)c1ccc(F)cc1. The van der Waals surface area contributed by atoms with Crippen LogP contribution in [0.5, 0.6) is 0 Å². The molecule has 1 aliphatic heterocycles. The van der Waals surface area contributed by atoms with Gasteiger partial charge in [-0.1, -0.05) is 0 Å². The predicted molar refractivity (Wildman–Crippen MR) is 96.2 cm³/mol. The number of ether oxygens (including phenoxy) is 1. The van der Waals surface area contributed by atoms with E-state index in [0.717, 1.165) is 17.7 Å². The number of sulfonamides is 1. The molecule has 0 saturated carbocycles. The van der Waals surface area contributed by atoms with Crippen molar-refractivity contribution >= 4 is 27.3 Å². The molecule has 0 spiro atoms. The van der Waals surface area contributed by atoms with Gasteiger partial charge in [0.1, 0.15) is 12.4 Å². The predicted octanol–water partition coefficient (Wildman–Crippen LogP) is 2.55. The van der Waals surface area contributed by atoms with E-state index in [0.29, 0.717) is 30.8 Å². The van der Waals surface area contributed by atoms with Crippen LogP contribution >= 0.6 is 0 Å². The Morgan fingerprint density at radius 1 is 1.23 bits per heavy atom. The van der Waals surface area contributed by atoms with E-state index in [4.69, 9.17) is 4.74 Å². The summed E-state index contributed by atoms with van der Waals surface area (Å²) in [4.78, 5) is 11.7. The molecule has 26 heavy (non-hydrogen) atoms. The maximum Gasteiger partial charge on any atom is 0.264 e. The van der Waals surface area contributed by atoms with Gasteiger partial charge in [0.25, 0.3) is 10.0 Å². The minimum atomic E-state index is -3.78. The number of nitrogens with zero attached hydrogens (tertiary/aromatic N) is 1. The van der Waals surface area contributed by atoms with Crippen molar-refractivity contribution in [1.82, 2.24) is 0 Å². The molecule has 0 saturated heterocycles. The quantitative estimate of drug-likeness (QED) is 0.868. The van der Waals surface area contributed by atoms with Crippen LogP contribution in [0.4, 0.5) is 15.8 Å². The van der Waals surface area contributed by atoms with Crippen molar-refractivity contribution in [3.8, 4) is 0 Å². The summed E-state index contributed by atoms with van der Waals surface area (Å²) in [5.41, 5.74) is 1.99. The van der Waals surface area contributed by atoms with Crippen LogP contribution in [0.25, 0.3) is 0 Å². The van der Waals surface area contributed by atoms with Crippen LogP contribution in [-0.4, -0.2) is 34.6 Å². The number of rotatable bonds is 5. The zero-order chi connectivity index (χ0) is 18.7. The van der Waals surface area contributed by atoms with Gasteiger partial charge in [0.05, 0.1) is 10.6 Å². The van der Waals surface area contributed by atoms with Gasteiger partial charge in [-0.3, -0.25) is 9.10 Å². The largest absolute Gasteiger partial charge is 0.375 e. The van der Waals surface area contributed by atoms with Gasteiger partial charge in [-0.25, -0.2) is 12.8 Å². The maximum absolute atomic E-state index is 13.1. The molecule has 0 bridgehead atoms. The van der Waals surface area contributed by atoms with Gasteiger partial charge < -0.3 is 10.1 Å². The summed E-state index contributed by atoms with van der Waals surface area (Å²) in [6.07, 6.45) is 1.36. The summed E-state index contributed by atoms with van der Waals surface area (Å²) in [6, 6.07) is 9.90. The van der Waals surface area contributed by atoms with Gasteiger partial charge in [-0.05, 0) is 60.9 Å². The van der Waals surface area contributed by atoms with Crippen LogP contribution in [0.1, 0.15) is 12.0 Å². The lowest BCUT2D eigenvalue weighted by Gasteiger charge is -2.31. The van der Waals surface area contributed by atoms with E-state index in [-0.39, 0.29) is 17.4 Å². The zero-order valence-corrected chi connectivity index (χ0v) is 15.1. The van der Waals surface area contributed by atoms with Crippen molar-refractivity contribution < 1.29 is 22.3 Å². The number of hydrogen-bond acceptors (Lipinski definition) is 4. The molecular formula is C18H19FN2O4S. The number of carbonyl (C=O) groups excluding carboxylic acids is 1. The smallest absolute Gasteiger partial charge is 0.264 e. The molecule has 2 aromatic carbocycles. The van der Waals surface area contributed by atoms with Crippen molar-refractivity contribution in [2.45, 2.75) is 17.7 Å². The second kappa shape index (κ2) is 7.43. The maximum atomic E-state index is 13.1. The van der Waals surface area contributed by atoms with E-state index in [2.05, 4.69) is 5.32 Å². The molecule has 3 rings (SSSR count). The Bertz CT molecular complexity index is 913. The first-order valence-electron chi connectivity index (χ1n) is 8.12. The molecule has 1 amide bonds. The molecule has 0 aliphatic carbocycles. The van der Waals surface area contributed by atoms with Gasteiger partial charge in [-0.2, -0.15) is 0 Å². The average Bonchev–Trinajstić information content (AvgIpc) is 2.61. The first kappa shape index (κ1) is 18.3. The number of amides is 1. The van der Waals surface area contributed by atoms with Crippen LogP contribution in [0.15, 0.2) is 47.4 Å². The summed E-state index contributed by atoms with van der Waals surface area (Å²) in [5.74, 6) is -0.765. The molecule has 8 heteroatoms. The normalized spacial score (nSPS) is 14.0. The lowest BCUT2D eigenvalue weighted by molar-refractivity contribution is -0.119. The summed E-state index contributed by atoms with van der Waals surface area (Å²) in [5, 5.41) is 2.71. The molecule has 0 radical (unpaired) electrons. The lowest BCUT2D eigenvalue weighted by atomic mass is 10.0. The molecule has 1 aliphatic rings. The fraction of sp³-hybridized carbons (Fsp3) is 0.278. The number of methoxy groups -OCH3 is 1. The fourth-order valence-electron chi connectivity index (χ4n) is 2.95. The number of nitrogens with one attached hydrogen (secondary N) is 1. The van der Waals surface area contributed by atoms with Gasteiger partial charge in [0, 0.05) is 19.3 Å². The molecule has 2 aromatic rings. The van der Waals surface area contributed by atoms with E-state index in [1.165, 1.54) is 23.5 Å². The third-order valence-corrected chi connectivity index (χ3v) is 5.94. The number of hydrogen-bond donors (Lipinski definition) is 1. The topological polar surface area (TPSA) is 75.7 Å². The Kier molecular flexibility index (Phi) is 5.24. The number of benzene rings is 2. The van der Waals surface area contributed by atoms with Crippen LogP contribution in [0.3, 0.4) is 0 Å². The standard InChI is InChI=1S/C18H19FN2O4S/c1-25-12-18(22)20-15-6-9-17-13(11-15)3-2-10-21(17)26(23,24)16-7-4-14(19)5-8-16/h4-9,11H,2-3,10,12H2,1H3,(H,20,22). The summed E-state index contributed by atoms with van der Waals surface area (Å²) in [7, 11) is -2.34. The van der Waals surface area contributed by atoms with Crippen LogP contribution in [0, 0.1) is 5.82 Å². The highest BCUT2D eigenvalue weighted by Gasteiger charge is 2.29. The molecular weight excluding hydrogens is 359 g/mol. The Balaban J connectivity index is 1.91. The molecule has 0 unspecified atom stereocenters. The zero-order valence-electron chi connectivity index (χ0n) is 14.2. The average molecular weight is 378 g/mol. The second-order valence-electron chi connectivity index (χ2n) is 5.96. The molecule has 1 heterocycles. The van der Waals surface area contributed by atoms with Crippen LogP contribution in [0.2, 0.25) is 0 Å². The van der Waals surface area contributed by atoms with E-state index >= 15 is 0 Å². The summed E-state index contributed by atoms with van der Waals surface area (Å²) >= 11 is 0. The first-order valence-corrected chi connectivity index (χ1v) is 9.56. The molecule has 0 atom stereocenters. The second-order valence-corrected chi connectivity index (χ2v) is 7.82. The van der Waals surface area contributed by atoms with Crippen LogP contribution in [-0.2, 0) is 26.0 Å². The van der Waals surface area contributed by atoms with Crippen molar-refractivity contribution in [2.24, 2.45) is 0 Å². The third kappa shape index (κ3) is 3.71. The van der Waals surface area contributed by atoms with Gasteiger partial charge in [-0.15, -0.1) is 0 Å². The Morgan fingerprint density at radius 3 is 2.65 bits per heavy atom. The van der Waals surface area contributed by atoms with E-state index in [9.17, 15) is 17.6 Å². The molecule has 1 N–H and O–H groups in total. The molecule has 0 fully saturated rings. The van der Waals surface area contributed by atoms with Gasteiger partial charge in [0.2, 0.25) is 5.91 Å². The van der Waals surface area contributed by atoms with Gasteiger partial charge >= 0.3 is 0 Å². The highest BCUT2D eigenvalue weighted by Crippen LogP contribution is 2.33. The van der Waals surface area contributed by atoms with Crippen molar-refractivity contribution in [2.75, 3.05) is 29.9 Å². The molecule has 6 nitrogen and oxygen atoms in total. The number of aryl methyl sites for hydroxylation is 1. The monoisotopic (exact) mass is 378 g/mol. The van der Waals surface area contributed by atoms with E-state index in [1.807, 2.05) is 0 Å². The minimum Gasteiger partial charge on any atom is -0.375 e. The lowest BCUT2D eigenvalue weighted by Crippen LogP contribution is -2.35. The fourth-order valence-corrected chi connectivity index (χ4v) is 4.49.